The molecule has 1 saturated heterocycles. The van der Waals surface area contributed by atoms with Crippen LogP contribution in [0.1, 0.15) is 33.1 Å². The summed E-state index contributed by atoms with van der Waals surface area (Å²) < 4.78 is 5.21. The van der Waals surface area contributed by atoms with Crippen LogP contribution < -0.4 is 11.1 Å². The minimum absolute atomic E-state index is 0.0890. The molecule has 0 aromatic carbocycles. The Labute approximate surface area is 91.5 Å². The number of ether oxygens (including phenoxy) is 1. The SMILES string of the molecule is CCC(C)[C@@H](N)NC(=O)C1CCOCC1. The lowest BCUT2D eigenvalue weighted by molar-refractivity contribution is -0.128. The van der Waals surface area contributed by atoms with Gasteiger partial charge >= 0.3 is 0 Å². The summed E-state index contributed by atoms with van der Waals surface area (Å²) in [5.41, 5.74) is 5.87. The molecule has 1 heterocycles. The van der Waals surface area contributed by atoms with Crippen molar-refractivity contribution in [3.63, 3.8) is 0 Å². The Morgan fingerprint density at radius 2 is 2.13 bits per heavy atom. The number of carbonyl (C=O) groups is 1. The van der Waals surface area contributed by atoms with E-state index in [1.807, 2.05) is 0 Å². The maximum atomic E-state index is 11.8. The van der Waals surface area contributed by atoms with Gasteiger partial charge in [0.2, 0.25) is 5.91 Å². The molecule has 0 bridgehead atoms. The largest absolute Gasteiger partial charge is 0.381 e. The van der Waals surface area contributed by atoms with E-state index in [1.54, 1.807) is 0 Å². The average molecular weight is 214 g/mol. The minimum atomic E-state index is -0.217. The number of nitrogens with two attached hydrogens (primary N) is 1. The molecular formula is C11H22N2O2. The van der Waals surface area contributed by atoms with Crippen molar-refractivity contribution in [3.05, 3.63) is 0 Å². The van der Waals surface area contributed by atoms with E-state index in [2.05, 4.69) is 19.2 Å². The maximum absolute atomic E-state index is 11.8. The van der Waals surface area contributed by atoms with Crippen molar-refractivity contribution < 1.29 is 9.53 Å². The van der Waals surface area contributed by atoms with E-state index in [0.29, 0.717) is 19.1 Å². The van der Waals surface area contributed by atoms with Crippen molar-refractivity contribution >= 4 is 5.91 Å². The standard InChI is InChI=1S/C11H22N2O2/c1-3-8(2)10(12)13-11(14)9-4-6-15-7-5-9/h8-10H,3-7,12H2,1-2H3,(H,13,14)/t8?,10-/m0/s1. The fourth-order valence-electron chi connectivity index (χ4n) is 1.64. The van der Waals surface area contributed by atoms with Gasteiger partial charge in [0.25, 0.3) is 0 Å². The Hall–Kier alpha value is -0.610. The summed E-state index contributed by atoms with van der Waals surface area (Å²) in [6, 6.07) is 0. The second-order valence-corrected chi connectivity index (χ2v) is 4.31. The molecule has 0 aromatic heterocycles. The molecule has 1 aliphatic rings. The number of hydrogen-bond acceptors (Lipinski definition) is 3. The number of rotatable bonds is 4. The Balaban J connectivity index is 2.33. The van der Waals surface area contributed by atoms with Gasteiger partial charge in [0, 0.05) is 19.1 Å². The number of hydrogen-bond donors (Lipinski definition) is 2. The first-order valence-electron chi connectivity index (χ1n) is 5.78. The lowest BCUT2D eigenvalue weighted by atomic mass is 9.98. The van der Waals surface area contributed by atoms with Crippen LogP contribution in [0.15, 0.2) is 0 Å². The van der Waals surface area contributed by atoms with Crippen LogP contribution in [0, 0.1) is 11.8 Å². The molecular weight excluding hydrogens is 192 g/mol. The summed E-state index contributed by atoms with van der Waals surface area (Å²) in [6.07, 6.45) is 2.40. The molecule has 1 fully saturated rings. The van der Waals surface area contributed by atoms with Gasteiger partial charge in [-0.2, -0.15) is 0 Å². The molecule has 0 radical (unpaired) electrons. The summed E-state index contributed by atoms with van der Waals surface area (Å²) in [5, 5.41) is 2.88. The molecule has 4 nitrogen and oxygen atoms in total. The fourth-order valence-corrected chi connectivity index (χ4v) is 1.64. The summed E-state index contributed by atoms with van der Waals surface area (Å²) in [5.74, 6) is 0.508. The third-order valence-corrected chi connectivity index (χ3v) is 3.16. The highest BCUT2D eigenvalue weighted by Crippen LogP contribution is 2.15. The smallest absolute Gasteiger partial charge is 0.224 e. The van der Waals surface area contributed by atoms with Gasteiger partial charge in [-0.25, -0.2) is 0 Å². The second-order valence-electron chi connectivity index (χ2n) is 4.31. The Kier molecular flexibility index (Phi) is 5.05. The summed E-state index contributed by atoms with van der Waals surface area (Å²) in [4.78, 5) is 11.8. The molecule has 3 N–H and O–H groups in total. The van der Waals surface area contributed by atoms with Gasteiger partial charge in [-0.3, -0.25) is 4.79 Å². The first-order valence-corrected chi connectivity index (χ1v) is 5.78. The highest BCUT2D eigenvalue weighted by molar-refractivity contribution is 5.78. The molecule has 0 saturated carbocycles. The number of amides is 1. The molecule has 1 amide bonds. The van der Waals surface area contributed by atoms with Crippen LogP contribution in [-0.2, 0) is 9.53 Å². The van der Waals surface area contributed by atoms with Gasteiger partial charge in [-0.15, -0.1) is 0 Å². The van der Waals surface area contributed by atoms with Gasteiger partial charge in [0.05, 0.1) is 6.17 Å². The Bertz CT molecular complexity index is 203. The zero-order chi connectivity index (χ0) is 11.3. The van der Waals surface area contributed by atoms with Gasteiger partial charge in [-0.1, -0.05) is 20.3 Å². The summed E-state index contributed by atoms with van der Waals surface area (Å²) in [6.45, 7) is 5.51. The van der Waals surface area contributed by atoms with Crippen LogP contribution in [0.2, 0.25) is 0 Å². The molecule has 4 heteroatoms. The van der Waals surface area contributed by atoms with Crippen LogP contribution in [0.3, 0.4) is 0 Å². The summed E-state index contributed by atoms with van der Waals surface area (Å²) >= 11 is 0. The molecule has 0 aliphatic carbocycles. The van der Waals surface area contributed by atoms with E-state index < -0.39 is 0 Å². The highest BCUT2D eigenvalue weighted by Gasteiger charge is 2.23. The Morgan fingerprint density at radius 1 is 1.53 bits per heavy atom. The minimum Gasteiger partial charge on any atom is -0.381 e. The lowest BCUT2D eigenvalue weighted by Crippen LogP contribution is -2.48. The molecule has 1 aliphatic heterocycles. The van der Waals surface area contributed by atoms with E-state index >= 15 is 0 Å². The normalized spacial score (nSPS) is 22.1. The third kappa shape index (κ3) is 3.80. The number of carbonyl (C=O) groups excluding carboxylic acids is 1. The molecule has 0 spiro atoms. The van der Waals surface area contributed by atoms with Crippen molar-refractivity contribution in [1.82, 2.24) is 5.32 Å². The second kappa shape index (κ2) is 6.08. The summed E-state index contributed by atoms with van der Waals surface area (Å²) in [7, 11) is 0. The first-order chi connectivity index (χ1) is 7.15. The molecule has 2 atom stereocenters. The predicted octanol–water partition coefficient (Wildman–Crippen LogP) is 0.860. The van der Waals surface area contributed by atoms with Gasteiger partial charge in [-0.05, 0) is 18.8 Å². The fraction of sp³-hybridized carbons (Fsp3) is 0.909. The van der Waals surface area contributed by atoms with Gasteiger partial charge in [0.15, 0.2) is 0 Å². The zero-order valence-electron chi connectivity index (χ0n) is 9.66. The molecule has 15 heavy (non-hydrogen) atoms. The van der Waals surface area contributed by atoms with Crippen LogP contribution in [0.4, 0.5) is 0 Å². The average Bonchev–Trinajstić information content (AvgIpc) is 2.29. The van der Waals surface area contributed by atoms with Crippen LogP contribution >= 0.6 is 0 Å². The van der Waals surface area contributed by atoms with Crippen LogP contribution in [0.25, 0.3) is 0 Å². The first kappa shape index (κ1) is 12.5. The monoisotopic (exact) mass is 214 g/mol. The van der Waals surface area contributed by atoms with Gasteiger partial charge in [0.1, 0.15) is 0 Å². The van der Waals surface area contributed by atoms with Crippen LogP contribution in [-0.4, -0.2) is 25.3 Å². The lowest BCUT2D eigenvalue weighted by Gasteiger charge is -2.25. The maximum Gasteiger partial charge on any atom is 0.224 e. The zero-order valence-corrected chi connectivity index (χ0v) is 9.66. The quantitative estimate of drug-likeness (QED) is 0.682. The van der Waals surface area contributed by atoms with Crippen LogP contribution in [0.5, 0.6) is 0 Å². The van der Waals surface area contributed by atoms with Gasteiger partial charge < -0.3 is 15.8 Å². The van der Waals surface area contributed by atoms with E-state index in [4.69, 9.17) is 10.5 Å². The topological polar surface area (TPSA) is 64.3 Å². The van der Waals surface area contributed by atoms with Crippen molar-refractivity contribution in [2.45, 2.75) is 39.3 Å². The third-order valence-electron chi connectivity index (χ3n) is 3.16. The van der Waals surface area contributed by atoms with Crippen molar-refractivity contribution in [2.24, 2.45) is 17.6 Å². The predicted molar refractivity (Wildman–Crippen MR) is 59.1 cm³/mol. The van der Waals surface area contributed by atoms with E-state index in [-0.39, 0.29) is 18.0 Å². The highest BCUT2D eigenvalue weighted by atomic mass is 16.5. The molecule has 1 rings (SSSR count). The molecule has 0 aromatic rings. The van der Waals surface area contributed by atoms with E-state index in [9.17, 15) is 4.79 Å². The number of nitrogens with one attached hydrogen (secondary N) is 1. The van der Waals surface area contributed by atoms with Crippen molar-refractivity contribution in [3.8, 4) is 0 Å². The molecule has 88 valence electrons. The Morgan fingerprint density at radius 3 is 2.67 bits per heavy atom. The van der Waals surface area contributed by atoms with Crippen molar-refractivity contribution in [1.29, 1.82) is 0 Å². The van der Waals surface area contributed by atoms with Crippen molar-refractivity contribution in [2.75, 3.05) is 13.2 Å². The van der Waals surface area contributed by atoms with E-state index in [0.717, 1.165) is 19.3 Å². The van der Waals surface area contributed by atoms with E-state index in [1.165, 1.54) is 0 Å². The molecule has 1 unspecified atom stereocenters.